The summed E-state index contributed by atoms with van der Waals surface area (Å²) in [6, 6.07) is 13.5. The number of halogens is 2. The third kappa shape index (κ3) is 7.79. The Hall–Kier alpha value is -2.41. The molecule has 1 aliphatic rings. The first-order chi connectivity index (χ1) is 17.6. The van der Waals surface area contributed by atoms with E-state index in [1.54, 1.807) is 12.1 Å². The maximum Gasteiger partial charge on any atom is 0.246 e. The second kappa shape index (κ2) is 12.0. The van der Waals surface area contributed by atoms with Gasteiger partial charge in [0.25, 0.3) is 0 Å². The number of piperidine rings is 1. The second-order valence-corrected chi connectivity index (χ2v) is 11.9. The molecule has 3 aromatic rings. The van der Waals surface area contributed by atoms with Crippen LogP contribution in [-0.4, -0.2) is 65.5 Å². The van der Waals surface area contributed by atoms with Gasteiger partial charge in [0, 0.05) is 47.8 Å². The molecule has 200 valence electrons. The Labute approximate surface area is 226 Å². The second-order valence-electron chi connectivity index (χ2n) is 9.23. The van der Waals surface area contributed by atoms with Crippen molar-refractivity contribution in [2.24, 2.45) is 0 Å². The van der Waals surface area contributed by atoms with Gasteiger partial charge in [-0.2, -0.15) is 9.71 Å². The van der Waals surface area contributed by atoms with Gasteiger partial charge in [-0.15, -0.1) is 5.10 Å². The summed E-state index contributed by atoms with van der Waals surface area (Å²) >= 11 is 12.3. The van der Waals surface area contributed by atoms with E-state index >= 15 is 0 Å². The summed E-state index contributed by atoms with van der Waals surface area (Å²) in [6.07, 6.45) is 2.22. The van der Waals surface area contributed by atoms with Gasteiger partial charge in [-0.25, -0.2) is 13.5 Å². The van der Waals surface area contributed by atoms with Crippen LogP contribution in [0, 0.1) is 0 Å². The van der Waals surface area contributed by atoms with Crippen LogP contribution < -0.4 is 15.4 Å². The molecule has 4 rings (SSSR count). The van der Waals surface area contributed by atoms with Crippen molar-refractivity contribution in [1.82, 2.24) is 24.8 Å². The Morgan fingerprint density at radius 3 is 2.49 bits per heavy atom. The number of aromatic nitrogens is 3. The number of nitrogens with zero attached hydrogens (tertiary/aromatic N) is 4. The summed E-state index contributed by atoms with van der Waals surface area (Å²) in [6.45, 7) is 3.01. The van der Waals surface area contributed by atoms with Gasteiger partial charge >= 0.3 is 0 Å². The first-order valence-corrected chi connectivity index (χ1v) is 14.6. The van der Waals surface area contributed by atoms with Crippen LogP contribution in [0.3, 0.4) is 0 Å². The van der Waals surface area contributed by atoms with E-state index in [1.165, 1.54) is 5.56 Å². The lowest BCUT2D eigenvalue weighted by Gasteiger charge is -2.38. The van der Waals surface area contributed by atoms with E-state index in [9.17, 15) is 13.5 Å². The van der Waals surface area contributed by atoms with Crippen LogP contribution in [-0.2, 0) is 23.0 Å². The molecule has 0 spiro atoms. The first-order valence-electron chi connectivity index (χ1n) is 11.9. The molecule has 0 aliphatic carbocycles. The van der Waals surface area contributed by atoms with Crippen LogP contribution >= 0.6 is 23.2 Å². The summed E-state index contributed by atoms with van der Waals surface area (Å²) in [5, 5.41) is 18.3. The van der Waals surface area contributed by atoms with Gasteiger partial charge in [-0.1, -0.05) is 41.4 Å². The summed E-state index contributed by atoms with van der Waals surface area (Å²) in [5.74, 6) is 0.908. The molecule has 10 nitrogen and oxygen atoms in total. The fourth-order valence-electron chi connectivity index (χ4n) is 4.55. The fourth-order valence-corrected chi connectivity index (χ4v) is 5.43. The summed E-state index contributed by atoms with van der Waals surface area (Å²) in [4.78, 5) is 8.78. The Bertz CT molecular complexity index is 1300. The first kappa shape index (κ1) is 27.6. The van der Waals surface area contributed by atoms with Crippen LogP contribution in [0.2, 0.25) is 10.0 Å². The number of nitrogen functional groups attached to an aromatic ring is 1. The number of anilines is 2. The number of hydrogen-bond acceptors (Lipinski definition) is 8. The minimum atomic E-state index is -3.61. The predicted octanol–water partition coefficient (Wildman–Crippen LogP) is 2.95. The molecule has 2 aromatic carbocycles. The maximum atomic E-state index is 11.6. The van der Waals surface area contributed by atoms with Crippen molar-refractivity contribution in [3.8, 4) is 0 Å². The number of aliphatic hydroxyl groups excluding tert-OH is 1. The highest BCUT2D eigenvalue weighted by atomic mass is 35.5. The van der Waals surface area contributed by atoms with E-state index in [2.05, 4.69) is 29.7 Å². The smallest absolute Gasteiger partial charge is 0.246 e. The number of benzene rings is 2. The number of aliphatic hydroxyl groups is 1. The quantitative estimate of drug-likeness (QED) is 0.274. The molecule has 1 atom stereocenters. The maximum absolute atomic E-state index is 11.6. The molecule has 13 heteroatoms. The van der Waals surface area contributed by atoms with Gasteiger partial charge in [0.05, 0.1) is 6.26 Å². The third-order valence-electron chi connectivity index (χ3n) is 6.42. The summed E-state index contributed by atoms with van der Waals surface area (Å²) in [5.41, 5.74) is 8.12. The minimum absolute atomic E-state index is 0.291. The molecule has 0 amide bonds. The Morgan fingerprint density at radius 1 is 1.19 bits per heavy atom. The Morgan fingerprint density at radius 2 is 1.86 bits per heavy atom. The van der Waals surface area contributed by atoms with Crippen molar-refractivity contribution in [3.05, 3.63) is 69.2 Å². The molecule has 1 aliphatic heterocycles. The average Bonchev–Trinajstić information content (AvgIpc) is 3.29. The SMILES string of the molecule is CS(=O)(=O)NC(O)c1cc(CN(CCc2ccc(Cl)cc2)C2CCN(c3n[nH]c(N)n3)CC2)ccc1Cl. The number of H-pyrrole nitrogens is 1. The topological polar surface area (TPSA) is 140 Å². The average molecular weight is 569 g/mol. The number of sulfonamides is 1. The largest absolute Gasteiger partial charge is 0.373 e. The van der Waals surface area contributed by atoms with E-state index in [4.69, 9.17) is 28.9 Å². The molecule has 0 radical (unpaired) electrons. The van der Waals surface area contributed by atoms with E-state index < -0.39 is 16.3 Å². The normalized spacial score (nSPS) is 15.9. The molecule has 1 fully saturated rings. The highest BCUT2D eigenvalue weighted by Crippen LogP contribution is 2.27. The number of rotatable bonds is 10. The van der Waals surface area contributed by atoms with E-state index in [1.807, 2.05) is 30.3 Å². The molecular formula is C24H31Cl2N7O3S. The van der Waals surface area contributed by atoms with Crippen LogP contribution in [0.4, 0.5) is 11.9 Å². The van der Waals surface area contributed by atoms with Gasteiger partial charge in [-0.05, 0) is 54.7 Å². The van der Waals surface area contributed by atoms with Crippen LogP contribution in [0.1, 0.15) is 35.8 Å². The molecule has 0 bridgehead atoms. The molecule has 1 saturated heterocycles. The third-order valence-corrected chi connectivity index (χ3v) is 7.67. The van der Waals surface area contributed by atoms with Gasteiger partial charge in [0.1, 0.15) is 6.23 Å². The number of nitrogens with one attached hydrogen (secondary N) is 2. The van der Waals surface area contributed by atoms with Crippen molar-refractivity contribution in [2.75, 3.05) is 36.5 Å². The number of hydrogen-bond donors (Lipinski definition) is 4. The number of nitrogens with two attached hydrogens (primary N) is 1. The lowest BCUT2D eigenvalue weighted by Crippen LogP contribution is -2.45. The zero-order valence-electron chi connectivity index (χ0n) is 20.4. The highest BCUT2D eigenvalue weighted by Gasteiger charge is 2.27. The summed E-state index contributed by atoms with van der Waals surface area (Å²) < 4.78 is 25.4. The molecule has 0 saturated carbocycles. The van der Waals surface area contributed by atoms with Crippen molar-refractivity contribution in [1.29, 1.82) is 0 Å². The van der Waals surface area contributed by atoms with Crippen molar-refractivity contribution >= 4 is 45.1 Å². The monoisotopic (exact) mass is 567 g/mol. The van der Waals surface area contributed by atoms with Crippen LogP contribution in [0.15, 0.2) is 42.5 Å². The lowest BCUT2D eigenvalue weighted by molar-refractivity contribution is 0.159. The molecule has 1 aromatic heterocycles. The molecule has 37 heavy (non-hydrogen) atoms. The zero-order chi connectivity index (χ0) is 26.6. The van der Waals surface area contributed by atoms with Crippen molar-refractivity contribution in [2.45, 2.75) is 38.1 Å². The van der Waals surface area contributed by atoms with Crippen molar-refractivity contribution in [3.63, 3.8) is 0 Å². The van der Waals surface area contributed by atoms with Gasteiger partial charge in [0.2, 0.25) is 21.9 Å². The van der Waals surface area contributed by atoms with E-state index in [0.29, 0.717) is 40.1 Å². The van der Waals surface area contributed by atoms with E-state index in [-0.39, 0.29) is 0 Å². The lowest BCUT2D eigenvalue weighted by atomic mass is 10.0. The zero-order valence-corrected chi connectivity index (χ0v) is 22.8. The Balaban J connectivity index is 1.50. The summed E-state index contributed by atoms with van der Waals surface area (Å²) in [7, 11) is -3.61. The molecule has 1 unspecified atom stereocenters. The van der Waals surface area contributed by atoms with Crippen molar-refractivity contribution < 1.29 is 13.5 Å². The predicted molar refractivity (Wildman–Crippen MR) is 146 cm³/mol. The highest BCUT2D eigenvalue weighted by molar-refractivity contribution is 7.88. The van der Waals surface area contributed by atoms with Gasteiger partial charge in [0.15, 0.2) is 0 Å². The van der Waals surface area contributed by atoms with Gasteiger partial charge < -0.3 is 15.7 Å². The van der Waals surface area contributed by atoms with E-state index in [0.717, 1.165) is 50.7 Å². The van der Waals surface area contributed by atoms with Crippen LogP contribution in [0.25, 0.3) is 0 Å². The molecule has 5 N–H and O–H groups in total. The standard InChI is InChI=1S/C24H31Cl2N7O3S/c1-37(35,36)31-22(34)20-14-17(4-7-21(20)26)15-33(11-8-16-2-5-18(25)6-3-16)19-9-12-32(13-10-19)24-28-23(27)29-30-24/h2-7,14,19,22,31,34H,8-13,15H2,1H3,(H3,27,28,29,30). The molecular weight excluding hydrogens is 537 g/mol. The minimum Gasteiger partial charge on any atom is -0.373 e. The fraction of sp³-hybridized carbons (Fsp3) is 0.417. The van der Waals surface area contributed by atoms with Crippen LogP contribution in [0.5, 0.6) is 0 Å². The molecule has 2 heterocycles. The van der Waals surface area contributed by atoms with Gasteiger partial charge in [-0.3, -0.25) is 4.90 Å². The Kier molecular flexibility index (Phi) is 8.94. The number of aromatic amines is 1.